The molecule has 0 saturated carbocycles. The molecule has 1 aliphatic carbocycles. The van der Waals surface area contributed by atoms with Crippen LogP contribution in [0.25, 0.3) is 0 Å². The Balaban J connectivity index is 2.45. The molecule has 150 valence electrons. The Bertz CT molecular complexity index is 859. The van der Waals surface area contributed by atoms with Crippen LogP contribution >= 0.6 is 11.6 Å². The number of halogens is 1. The highest BCUT2D eigenvalue weighted by molar-refractivity contribution is 6.30. The van der Waals surface area contributed by atoms with E-state index in [0.717, 1.165) is 5.56 Å². The molecule has 28 heavy (non-hydrogen) atoms. The molecule has 2 rings (SSSR count). The number of ether oxygens (including phenoxy) is 1. The van der Waals surface area contributed by atoms with E-state index in [0.29, 0.717) is 28.2 Å². The summed E-state index contributed by atoms with van der Waals surface area (Å²) in [5, 5.41) is 12.2. The number of methoxy groups -OCH3 is 1. The molecule has 1 atom stereocenters. The van der Waals surface area contributed by atoms with Crippen LogP contribution in [0.3, 0.4) is 0 Å². The van der Waals surface area contributed by atoms with Gasteiger partial charge in [0.25, 0.3) is 0 Å². The quantitative estimate of drug-likeness (QED) is 0.444. The first-order valence-electron chi connectivity index (χ1n) is 9.16. The molecular formula is C23H27ClO4. The molecule has 1 aromatic rings. The molecule has 0 aliphatic heterocycles. The largest absolute Gasteiger partial charge is 0.466 e. The number of ketones is 1. The molecule has 0 radical (unpaired) electrons. The van der Waals surface area contributed by atoms with Crippen molar-refractivity contribution in [2.45, 2.75) is 46.1 Å². The topological polar surface area (TPSA) is 63.6 Å². The second-order valence-electron chi connectivity index (χ2n) is 7.90. The number of esters is 1. The van der Waals surface area contributed by atoms with E-state index in [2.05, 4.69) is 4.74 Å². The van der Waals surface area contributed by atoms with Crippen molar-refractivity contribution >= 4 is 23.4 Å². The van der Waals surface area contributed by atoms with Crippen molar-refractivity contribution < 1.29 is 19.4 Å². The average molecular weight is 403 g/mol. The summed E-state index contributed by atoms with van der Waals surface area (Å²) >= 11 is 5.95. The second-order valence-corrected chi connectivity index (χ2v) is 8.34. The number of benzene rings is 1. The second kappa shape index (κ2) is 8.46. The Kier molecular flexibility index (Phi) is 6.68. The van der Waals surface area contributed by atoms with Crippen LogP contribution in [-0.2, 0) is 20.7 Å². The summed E-state index contributed by atoms with van der Waals surface area (Å²) in [6.07, 6.45) is 5.39. The standard InChI is InChI=1S/C23H27ClO4/c1-15(12-21(26)28-5)10-11-23(27)16(2)19(20(25)14-22(23,3)4)13-17-6-8-18(24)9-7-17/h6-12,27H,13-14H2,1-5H3/t23-/m1/s1. The van der Waals surface area contributed by atoms with Gasteiger partial charge < -0.3 is 9.84 Å². The van der Waals surface area contributed by atoms with Crippen molar-refractivity contribution in [2.24, 2.45) is 5.41 Å². The number of carbonyl (C=O) groups excluding carboxylic acids is 2. The van der Waals surface area contributed by atoms with Gasteiger partial charge in [-0.1, -0.05) is 43.7 Å². The van der Waals surface area contributed by atoms with Crippen molar-refractivity contribution in [2.75, 3.05) is 7.11 Å². The molecule has 0 amide bonds. The van der Waals surface area contributed by atoms with Gasteiger partial charge in [0, 0.05) is 34.9 Å². The van der Waals surface area contributed by atoms with E-state index >= 15 is 0 Å². The van der Waals surface area contributed by atoms with Gasteiger partial charge in [0.05, 0.1) is 7.11 Å². The predicted molar refractivity (Wildman–Crippen MR) is 111 cm³/mol. The number of hydrogen-bond donors (Lipinski definition) is 1. The van der Waals surface area contributed by atoms with Gasteiger partial charge in [0.15, 0.2) is 5.78 Å². The molecule has 0 bridgehead atoms. The zero-order valence-corrected chi connectivity index (χ0v) is 17.8. The molecule has 5 heteroatoms. The molecule has 0 fully saturated rings. The van der Waals surface area contributed by atoms with Gasteiger partial charge in [-0.25, -0.2) is 4.79 Å². The summed E-state index contributed by atoms with van der Waals surface area (Å²) in [6, 6.07) is 7.34. The number of rotatable bonds is 5. The van der Waals surface area contributed by atoms with E-state index in [1.54, 1.807) is 38.1 Å². The van der Waals surface area contributed by atoms with Crippen LogP contribution < -0.4 is 0 Å². The van der Waals surface area contributed by atoms with Gasteiger partial charge in [-0.05, 0) is 48.8 Å². The normalized spacial score (nSPS) is 22.7. The average Bonchev–Trinajstić information content (AvgIpc) is 2.63. The monoisotopic (exact) mass is 402 g/mol. The molecule has 1 N–H and O–H groups in total. The summed E-state index contributed by atoms with van der Waals surface area (Å²) in [5.41, 5.74) is 0.863. The van der Waals surface area contributed by atoms with Gasteiger partial charge in [0.1, 0.15) is 5.60 Å². The zero-order valence-electron chi connectivity index (χ0n) is 17.0. The van der Waals surface area contributed by atoms with Crippen molar-refractivity contribution in [1.29, 1.82) is 0 Å². The fraction of sp³-hybridized carbons (Fsp3) is 0.391. The first kappa shape index (κ1) is 22.1. The molecule has 0 saturated heterocycles. The molecule has 1 aromatic carbocycles. The van der Waals surface area contributed by atoms with Crippen molar-refractivity contribution in [3.05, 3.63) is 69.8 Å². The van der Waals surface area contributed by atoms with Crippen LogP contribution in [0.1, 0.15) is 39.7 Å². The van der Waals surface area contributed by atoms with Crippen LogP contribution in [0.15, 0.2) is 59.2 Å². The summed E-state index contributed by atoms with van der Waals surface area (Å²) in [7, 11) is 1.31. The number of aliphatic hydroxyl groups is 1. The Hall–Kier alpha value is -2.17. The molecule has 0 unspecified atom stereocenters. The number of allylic oxidation sites excluding steroid dienone is 3. The Morgan fingerprint density at radius 1 is 1.29 bits per heavy atom. The predicted octanol–water partition coefficient (Wildman–Crippen LogP) is 4.60. The van der Waals surface area contributed by atoms with E-state index < -0.39 is 17.0 Å². The van der Waals surface area contributed by atoms with Crippen molar-refractivity contribution in [1.82, 2.24) is 0 Å². The maximum absolute atomic E-state index is 12.8. The van der Waals surface area contributed by atoms with Gasteiger partial charge in [-0.2, -0.15) is 0 Å². The van der Waals surface area contributed by atoms with Crippen molar-refractivity contribution in [3.63, 3.8) is 0 Å². The van der Waals surface area contributed by atoms with E-state index in [1.165, 1.54) is 13.2 Å². The minimum atomic E-state index is -1.31. The first-order chi connectivity index (χ1) is 13.0. The number of carbonyl (C=O) groups is 2. The summed E-state index contributed by atoms with van der Waals surface area (Å²) in [4.78, 5) is 24.2. The van der Waals surface area contributed by atoms with Crippen LogP contribution in [0.2, 0.25) is 5.02 Å². The zero-order chi connectivity index (χ0) is 21.1. The highest BCUT2D eigenvalue weighted by Gasteiger charge is 2.49. The van der Waals surface area contributed by atoms with Crippen LogP contribution in [0.4, 0.5) is 0 Å². The molecule has 4 nitrogen and oxygen atoms in total. The Morgan fingerprint density at radius 3 is 2.46 bits per heavy atom. The van der Waals surface area contributed by atoms with Crippen LogP contribution in [0, 0.1) is 5.41 Å². The molecule has 0 spiro atoms. The lowest BCUT2D eigenvalue weighted by Crippen LogP contribution is -2.49. The maximum Gasteiger partial charge on any atom is 0.330 e. The van der Waals surface area contributed by atoms with Gasteiger partial charge >= 0.3 is 5.97 Å². The highest BCUT2D eigenvalue weighted by atomic mass is 35.5. The molecular weight excluding hydrogens is 376 g/mol. The summed E-state index contributed by atoms with van der Waals surface area (Å²) in [5.74, 6) is -0.416. The lowest BCUT2D eigenvalue weighted by molar-refractivity contribution is -0.134. The first-order valence-corrected chi connectivity index (χ1v) is 9.53. The third kappa shape index (κ3) is 4.62. The highest BCUT2D eigenvalue weighted by Crippen LogP contribution is 2.47. The third-order valence-corrected chi connectivity index (χ3v) is 5.68. The van der Waals surface area contributed by atoms with E-state index in [4.69, 9.17) is 11.6 Å². The fourth-order valence-corrected chi connectivity index (χ4v) is 3.65. The third-order valence-electron chi connectivity index (χ3n) is 5.42. The summed E-state index contributed by atoms with van der Waals surface area (Å²) in [6.45, 7) is 7.30. The fourth-order valence-electron chi connectivity index (χ4n) is 3.52. The summed E-state index contributed by atoms with van der Waals surface area (Å²) < 4.78 is 4.63. The SMILES string of the molecule is COC(=O)C=C(C)C=C[C@@]1(O)C(C)=C(Cc2ccc(Cl)cc2)C(=O)CC1(C)C. The van der Waals surface area contributed by atoms with Crippen LogP contribution in [0.5, 0.6) is 0 Å². The minimum absolute atomic E-state index is 0.0392. The Morgan fingerprint density at radius 2 is 1.89 bits per heavy atom. The lowest BCUT2D eigenvalue weighted by atomic mass is 9.62. The van der Waals surface area contributed by atoms with Gasteiger partial charge in [-0.3, -0.25) is 4.79 Å². The lowest BCUT2D eigenvalue weighted by Gasteiger charge is -2.46. The van der Waals surface area contributed by atoms with Crippen LogP contribution in [-0.4, -0.2) is 29.6 Å². The molecule has 0 heterocycles. The minimum Gasteiger partial charge on any atom is -0.466 e. The van der Waals surface area contributed by atoms with Gasteiger partial charge in [-0.15, -0.1) is 0 Å². The van der Waals surface area contributed by atoms with Gasteiger partial charge in [0.2, 0.25) is 0 Å². The van der Waals surface area contributed by atoms with E-state index in [-0.39, 0.29) is 12.2 Å². The number of hydrogen-bond acceptors (Lipinski definition) is 4. The van der Waals surface area contributed by atoms with E-state index in [9.17, 15) is 14.7 Å². The maximum atomic E-state index is 12.8. The van der Waals surface area contributed by atoms with E-state index in [1.807, 2.05) is 26.0 Å². The molecule has 0 aromatic heterocycles. The smallest absolute Gasteiger partial charge is 0.330 e. The number of Topliss-reactive ketones (excluding diaryl/α,β-unsaturated/α-hetero) is 1. The Labute approximate surface area is 171 Å². The van der Waals surface area contributed by atoms with Crippen molar-refractivity contribution in [3.8, 4) is 0 Å². The molecule has 1 aliphatic rings.